The zero-order chi connectivity index (χ0) is 10.8. The molecule has 0 unspecified atom stereocenters. The molecule has 3 nitrogen and oxygen atoms in total. The van der Waals surface area contributed by atoms with E-state index in [0.29, 0.717) is 0 Å². The molecule has 0 aliphatic rings. The predicted octanol–water partition coefficient (Wildman–Crippen LogP) is 2.16. The lowest BCUT2D eigenvalue weighted by Crippen LogP contribution is -2.02. The summed E-state index contributed by atoms with van der Waals surface area (Å²) in [7, 11) is 1.30. The Morgan fingerprint density at radius 1 is 1.20 bits per heavy atom. The predicted molar refractivity (Wildman–Crippen MR) is 50.0 cm³/mol. The first-order valence-electron chi connectivity index (χ1n) is 4.26. The molecule has 1 heterocycles. The molecule has 0 atom stereocenters. The van der Waals surface area contributed by atoms with Crippen LogP contribution in [0.5, 0.6) is 5.88 Å². The molecule has 0 spiro atoms. The van der Waals surface area contributed by atoms with Crippen LogP contribution < -0.4 is 4.74 Å². The molecule has 0 amide bonds. The minimum absolute atomic E-state index is 0.111. The van der Waals surface area contributed by atoms with Gasteiger partial charge in [0.25, 0.3) is 5.88 Å². The fourth-order valence-corrected chi connectivity index (χ4v) is 1.30. The number of benzene rings is 1. The second-order valence-electron chi connectivity index (χ2n) is 2.86. The van der Waals surface area contributed by atoms with Crippen molar-refractivity contribution in [1.29, 1.82) is 0 Å². The second-order valence-corrected chi connectivity index (χ2v) is 2.86. The number of hydrogen-bond donors (Lipinski definition) is 0. The van der Waals surface area contributed by atoms with E-state index in [-0.39, 0.29) is 11.6 Å². The number of para-hydroxylation sites is 1. The molecule has 15 heavy (non-hydrogen) atoms. The smallest absolute Gasteiger partial charge is 0.253 e. The topological polar surface area (TPSA) is 27.1 Å². The summed E-state index contributed by atoms with van der Waals surface area (Å²) >= 11 is 0. The molecule has 0 bridgehead atoms. The number of methoxy groups -OCH3 is 1. The van der Waals surface area contributed by atoms with E-state index in [2.05, 4.69) is 5.10 Å². The van der Waals surface area contributed by atoms with Gasteiger partial charge in [-0.3, -0.25) is 0 Å². The Balaban J connectivity index is 2.59. The molecule has 0 fully saturated rings. The normalized spacial score (nSPS) is 10.3. The average Bonchev–Trinajstić information content (AvgIpc) is 2.60. The summed E-state index contributed by atoms with van der Waals surface area (Å²) < 4.78 is 32.3. The summed E-state index contributed by atoms with van der Waals surface area (Å²) in [4.78, 5) is 0. The molecule has 2 aromatic rings. The number of aromatic nitrogens is 2. The monoisotopic (exact) mass is 210 g/mol. The van der Waals surface area contributed by atoms with Crippen molar-refractivity contribution in [2.75, 3.05) is 7.11 Å². The maximum atomic E-state index is 13.4. The fraction of sp³-hybridized carbons (Fsp3) is 0.100. The van der Waals surface area contributed by atoms with Gasteiger partial charge in [0.1, 0.15) is 11.5 Å². The van der Waals surface area contributed by atoms with Crippen LogP contribution in [0.25, 0.3) is 5.69 Å². The van der Waals surface area contributed by atoms with Crippen LogP contribution in [0.3, 0.4) is 0 Å². The molecule has 0 saturated carbocycles. The minimum Gasteiger partial charge on any atom is -0.479 e. The van der Waals surface area contributed by atoms with Gasteiger partial charge in [0.2, 0.25) is 5.82 Å². The van der Waals surface area contributed by atoms with Crippen LogP contribution >= 0.6 is 0 Å². The largest absolute Gasteiger partial charge is 0.479 e. The van der Waals surface area contributed by atoms with Gasteiger partial charge >= 0.3 is 0 Å². The Kier molecular flexibility index (Phi) is 2.37. The summed E-state index contributed by atoms with van der Waals surface area (Å²) in [5, 5.41) is 3.69. The van der Waals surface area contributed by atoms with Crippen LogP contribution in [-0.4, -0.2) is 16.9 Å². The maximum absolute atomic E-state index is 13.4. The van der Waals surface area contributed by atoms with Crippen molar-refractivity contribution in [3.8, 4) is 11.6 Å². The van der Waals surface area contributed by atoms with E-state index in [4.69, 9.17) is 4.74 Å². The van der Waals surface area contributed by atoms with Gasteiger partial charge in [-0.15, -0.1) is 0 Å². The van der Waals surface area contributed by atoms with E-state index in [1.54, 1.807) is 12.1 Å². The van der Waals surface area contributed by atoms with Gasteiger partial charge in [0.05, 0.1) is 13.3 Å². The van der Waals surface area contributed by atoms with Crippen molar-refractivity contribution in [3.63, 3.8) is 0 Å². The lowest BCUT2D eigenvalue weighted by atomic mass is 10.3. The van der Waals surface area contributed by atoms with Crippen molar-refractivity contribution in [2.45, 2.75) is 0 Å². The molecule has 0 aliphatic carbocycles. The Labute approximate surface area is 84.9 Å². The lowest BCUT2D eigenvalue weighted by Gasteiger charge is -2.06. The van der Waals surface area contributed by atoms with Gasteiger partial charge in [0, 0.05) is 0 Å². The van der Waals surface area contributed by atoms with Gasteiger partial charge in [-0.2, -0.15) is 14.2 Å². The van der Waals surface area contributed by atoms with E-state index >= 15 is 0 Å². The third-order valence-corrected chi connectivity index (χ3v) is 1.96. The van der Waals surface area contributed by atoms with Crippen LogP contribution in [0.1, 0.15) is 0 Å². The molecule has 1 aromatic carbocycles. The highest BCUT2D eigenvalue weighted by molar-refractivity contribution is 5.36. The highest BCUT2D eigenvalue weighted by Gasteiger charge is 2.14. The van der Waals surface area contributed by atoms with Crippen LogP contribution in [0.4, 0.5) is 8.78 Å². The number of nitrogens with zero attached hydrogens (tertiary/aromatic N) is 2. The van der Waals surface area contributed by atoms with E-state index in [1.165, 1.54) is 19.2 Å². The number of ether oxygens (including phenoxy) is 1. The zero-order valence-electron chi connectivity index (χ0n) is 7.95. The maximum Gasteiger partial charge on any atom is 0.253 e. The average molecular weight is 210 g/mol. The molecule has 1 aromatic heterocycles. The van der Waals surface area contributed by atoms with E-state index in [1.807, 2.05) is 0 Å². The van der Waals surface area contributed by atoms with Crippen LogP contribution in [0.15, 0.2) is 30.5 Å². The molecular weight excluding hydrogens is 202 g/mol. The lowest BCUT2D eigenvalue weighted by molar-refractivity contribution is 0.359. The van der Waals surface area contributed by atoms with Crippen LogP contribution in [-0.2, 0) is 0 Å². The van der Waals surface area contributed by atoms with Gasteiger partial charge in [0.15, 0.2) is 0 Å². The first-order valence-corrected chi connectivity index (χ1v) is 4.26. The standard InChI is InChI=1S/C10H8F2N2O/c1-15-10-8(12)6-13-14(10)9-5-3-2-4-7(9)11/h2-6H,1H3. The molecule has 78 valence electrons. The Hall–Kier alpha value is -1.91. The Bertz CT molecular complexity index is 482. The molecular formula is C10H8F2N2O. The van der Waals surface area contributed by atoms with Crippen molar-refractivity contribution in [1.82, 2.24) is 9.78 Å². The third kappa shape index (κ3) is 1.56. The first-order chi connectivity index (χ1) is 7.24. The number of hydrogen-bond acceptors (Lipinski definition) is 2. The second kappa shape index (κ2) is 3.68. The van der Waals surface area contributed by atoms with Gasteiger partial charge in [-0.1, -0.05) is 12.1 Å². The van der Waals surface area contributed by atoms with Crippen LogP contribution in [0.2, 0.25) is 0 Å². The molecule has 0 N–H and O–H groups in total. The number of rotatable bonds is 2. The fourth-order valence-electron chi connectivity index (χ4n) is 1.30. The summed E-state index contributed by atoms with van der Waals surface area (Å²) in [5.74, 6) is -1.22. The zero-order valence-corrected chi connectivity index (χ0v) is 7.95. The quantitative estimate of drug-likeness (QED) is 0.759. The summed E-state index contributed by atoms with van der Waals surface area (Å²) in [6, 6.07) is 5.95. The molecule has 2 rings (SSSR count). The van der Waals surface area contributed by atoms with Crippen molar-refractivity contribution >= 4 is 0 Å². The Morgan fingerprint density at radius 2 is 1.93 bits per heavy atom. The van der Waals surface area contributed by atoms with Crippen molar-refractivity contribution in [2.24, 2.45) is 0 Å². The minimum atomic E-state index is -0.624. The third-order valence-electron chi connectivity index (χ3n) is 1.96. The first kappa shape index (κ1) is 9.64. The van der Waals surface area contributed by atoms with Gasteiger partial charge < -0.3 is 4.74 Å². The summed E-state index contributed by atoms with van der Waals surface area (Å²) in [6.45, 7) is 0. The molecule has 0 saturated heterocycles. The molecule has 5 heteroatoms. The van der Waals surface area contributed by atoms with Crippen LogP contribution in [0, 0.1) is 11.6 Å². The van der Waals surface area contributed by atoms with Crippen molar-refractivity contribution < 1.29 is 13.5 Å². The van der Waals surface area contributed by atoms with E-state index in [9.17, 15) is 8.78 Å². The highest BCUT2D eigenvalue weighted by atomic mass is 19.1. The highest BCUT2D eigenvalue weighted by Crippen LogP contribution is 2.22. The van der Waals surface area contributed by atoms with E-state index in [0.717, 1.165) is 10.9 Å². The van der Waals surface area contributed by atoms with Gasteiger partial charge in [-0.05, 0) is 12.1 Å². The van der Waals surface area contributed by atoms with Gasteiger partial charge in [-0.25, -0.2) is 4.39 Å². The summed E-state index contributed by atoms with van der Waals surface area (Å²) in [5.41, 5.74) is 0.151. The SMILES string of the molecule is COc1c(F)cnn1-c1ccccc1F. The molecule has 0 radical (unpaired) electrons. The molecule has 0 aliphatic heterocycles. The Morgan fingerprint density at radius 3 is 2.60 bits per heavy atom. The number of halogens is 2. The summed E-state index contributed by atoms with van der Waals surface area (Å²) in [6.07, 6.45) is 0.977. The van der Waals surface area contributed by atoms with Crippen molar-refractivity contribution in [3.05, 3.63) is 42.1 Å². The van der Waals surface area contributed by atoms with E-state index < -0.39 is 11.6 Å².